The molecular formula is C24H25N5O3. The maximum atomic E-state index is 12.3. The molecule has 2 N–H and O–H groups in total. The number of methoxy groups -OCH3 is 1. The predicted octanol–water partition coefficient (Wildman–Crippen LogP) is 3.38. The van der Waals surface area contributed by atoms with Gasteiger partial charge in [-0.1, -0.05) is 24.3 Å². The van der Waals surface area contributed by atoms with Gasteiger partial charge in [0.15, 0.2) is 5.82 Å². The molecule has 8 nitrogen and oxygen atoms in total. The largest absolute Gasteiger partial charge is 0.495 e. The summed E-state index contributed by atoms with van der Waals surface area (Å²) >= 11 is 0. The number of carboxylic acids is 1. The Bertz CT molecular complexity index is 1290. The van der Waals surface area contributed by atoms with Crippen LogP contribution in [-0.2, 0) is 4.79 Å². The van der Waals surface area contributed by atoms with Crippen molar-refractivity contribution >= 4 is 33.7 Å². The summed E-state index contributed by atoms with van der Waals surface area (Å²) in [6.07, 6.45) is 1.79. The minimum atomic E-state index is -0.858. The van der Waals surface area contributed by atoms with E-state index in [1.54, 1.807) is 13.3 Å². The molecule has 0 bridgehead atoms. The lowest BCUT2D eigenvalue weighted by atomic mass is 10.0. The summed E-state index contributed by atoms with van der Waals surface area (Å²) in [6.45, 7) is 4.57. The number of hydrogen-bond donors (Lipinski definition) is 2. The van der Waals surface area contributed by atoms with Gasteiger partial charge in [0.25, 0.3) is 0 Å². The van der Waals surface area contributed by atoms with Gasteiger partial charge in [-0.15, -0.1) is 0 Å². The van der Waals surface area contributed by atoms with E-state index in [1.165, 1.54) is 0 Å². The van der Waals surface area contributed by atoms with Gasteiger partial charge in [0.2, 0.25) is 0 Å². The number of aromatic amines is 1. The molecule has 1 saturated heterocycles. The molecule has 0 aliphatic carbocycles. The van der Waals surface area contributed by atoms with Gasteiger partial charge in [-0.05, 0) is 25.1 Å². The van der Waals surface area contributed by atoms with Gasteiger partial charge in [-0.25, -0.2) is 9.97 Å². The minimum Gasteiger partial charge on any atom is -0.495 e. The van der Waals surface area contributed by atoms with Crippen molar-refractivity contribution in [2.75, 3.05) is 38.2 Å². The van der Waals surface area contributed by atoms with E-state index in [9.17, 15) is 9.90 Å². The highest BCUT2D eigenvalue weighted by atomic mass is 16.5. The highest BCUT2D eigenvalue weighted by Gasteiger charge is 2.33. The van der Waals surface area contributed by atoms with Crippen molar-refractivity contribution in [3.8, 4) is 5.75 Å². The van der Waals surface area contributed by atoms with Crippen LogP contribution in [-0.4, -0.2) is 64.2 Å². The number of H-pyrrole nitrogens is 1. The molecule has 0 amide bonds. The van der Waals surface area contributed by atoms with E-state index in [-0.39, 0.29) is 0 Å². The fourth-order valence-electron chi connectivity index (χ4n) is 4.60. The third-order valence-corrected chi connectivity index (χ3v) is 6.16. The molecule has 1 aliphatic heterocycles. The van der Waals surface area contributed by atoms with Crippen molar-refractivity contribution in [1.82, 2.24) is 19.9 Å². The standard InChI is InChI=1S/C24H25N5O3/c1-15-23(27-19-8-4-3-7-18(19)26-15)29-12-10-28(11-13-29)22(24(30)31)17-14-25-21-16(17)6-5-9-20(21)32-2/h3-9,14,22,25H,10-13H2,1-2H3,(H,30,31). The van der Waals surface area contributed by atoms with Crippen LogP contribution in [0.5, 0.6) is 5.75 Å². The lowest BCUT2D eigenvalue weighted by Gasteiger charge is -2.38. The van der Waals surface area contributed by atoms with Crippen LogP contribution in [0.25, 0.3) is 21.9 Å². The second kappa shape index (κ2) is 8.12. The van der Waals surface area contributed by atoms with E-state index in [1.807, 2.05) is 54.3 Å². The fourth-order valence-corrected chi connectivity index (χ4v) is 4.60. The first-order valence-corrected chi connectivity index (χ1v) is 10.7. The zero-order valence-electron chi connectivity index (χ0n) is 18.1. The molecule has 2 aromatic carbocycles. The number of para-hydroxylation sites is 3. The number of nitrogens with one attached hydrogen (secondary N) is 1. The molecule has 32 heavy (non-hydrogen) atoms. The Kier molecular flexibility index (Phi) is 5.14. The van der Waals surface area contributed by atoms with Crippen LogP contribution in [0.2, 0.25) is 0 Å². The molecule has 1 unspecified atom stereocenters. The number of hydrogen-bond acceptors (Lipinski definition) is 6. The summed E-state index contributed by atoms with van der Waals surface area (Å²) in [5, 5.41) is 11.0. The number of aromatic nitrogens is 3. The molecule has 1 aliphatic rings. The van der Waals surface area contributed by atoms with Crippen LogP contribution in [0, 0.1) is 6.92 Å². The molecule has 0 spiro atoms. The summed E-state index contributed by atoms with van der Waals surface area (Å²) in [4.78, 5) is 29.3. The van der Waals surface area contributed by atoms with Crippen LogP contribution < -0.4 is 9.64 Å². The van der Waals surface area contributed by atoms with E-state index in [0.29, 0.717) is 31.9 Å². The third kappa shape index (κ3) is 3.42. The predicted molar refractivity (Wildman–Crippen MR) is 123 cm³/mol. The number of anilines is 1. The van der Waals surface area contributed by atoms with Gasteiger partial charge in [0.05, 0.1) is 29.4 Å². The molecule has 0 saturated carbocycles. The number of fused-ring (bicyclic) bond motifs is 2. The highest BCUT2D eigenvalue weighted by Crippen LogP contribution is 2.34. The Hall–Kier alpha value is -3.65. The van der Waals surface area contributed by atoms with Gasteiger partial charge < -0.3 is 19.7 Å². The minimum absolute atomic E-state index is 0.613. The molecule has 3 heterocycles. The zero-order valence-corrected chi connectivity index (χ0v) is 18.1. The van der Waals surface area contributed by atoms with E-state index < -0.39 is 12.0 Å². The van der Waals surface area contributed by atoms with Crippen LogP contribution in [0.4, 0.5) is 5.82 Å². The average Bonchev–Trinajstić information content (AvgIpc) is 3.23. The summed E-state index contributed by atoms with van der Waals surface area (Å²) in [7, 11) is 1.61. The average molecular weight is 431 g/mol. The lowest BCUT2D eigenvalue weighted by molar-refractivity contribution is -0.143. The van der Waals surface area contributed by atoms with Crippen molar-refractivity contribution in [2.45, 2.75) is 13.0 Å². The quantitative estimate of drug-likeness (QED) is 0.500. The van der Waals surface area contributed by atoms with Crippen LogP contribution >= 0.6 is 0 Å². The number of ether oxygens (including phenoxy) is 1. The van der Waals surface area contributed by atoms with Gasteiger partial charge in [0.1, 0.15) is 11.8 Å². The van der Waals surface area contributed by atoms with E-state index in [2.05, 4.69) is 9.88 Å². The van der Waals surface area contributed by atoms with E-state index >= 15 is 0 Å². The first-order chi connectivity index (χ1) is 15.6. The van der Waals surface area contributed by atoms with E-state index in [4.69, 9.17) is 14.7 Å². The topological polar surface area (TPSA) is 94.6 Å². The Labute approximate surface area is 185 Å². The SMILES string of the molecule is COc1cccc2c(C(C(=O)O)N3CCN(c4nc5ccccc5nc4C)CC3)c[nH]c12. The van der Waals surface area contributed by atoms with Gasteiger partial charge >= 0.3 is 5.97 Å². The lowest BCUT2D eigenvalue weighted by Crippen LogP contribution is -2.49. The first kappa shape index (κ1) is 20.3. The second-order valence-corrected chi connectivity index (χ2v) is 8.01. The third-order valence-electron chi connectivity index (χ3n) is 6.16. The number of rotatable bonds is 5. The number of benzene rings is 2. The number of carboxylic acid groups (broad SMARTS) is 1. The first-order valence-electron chi connectivity index (χ1n) is 10.7. The molecule has 0 radical (unpaired) electrons. The smallest absolute Gasteiger partial charge is 0.325 e. The van der Waals surface area contributed by atoms with Gasteiger partial charge in [0, 0.05) is 43.3 Å². The Balaban J connectivity index is 1.40. The van der Waals surface area contributed by atoms with Crippen LogP contribution in [0.15, 0.2) is 48.7 Å². The van der Waals surface area contributed by atoms with Crippen molar-refractivity contribution in [2.24, 2.45) is 0 Å². The molecule has 8 heteroatoms. The number of carbonyl (C=O) groups is 1. The maximum absolute atomic E-state index is 12.3. The number of nitrogens with zero attached hydrogens (tertiary/aromatic N) is 4. The summed E-state index contributed by atoms with van der Waals surface area (Å²) < 4.78 is 5.42. The second-order valence-electron chi connectivity index (χ2n) is 8.01. The number of aryl methyl sites for hydroxylation is 1. The van der Waals surface area contributed by atoms with Crippen LogP contribution in [0.3, 0.4) is 0 Å². The summed E-state index contributed by atoms with van der Waals surface area (Å²) in [5.41, 5.74) is 4.20. The zero-order chi connectivity index (χ0) is 22.2. The van der Waals surface area contributed by atoms with Crippen molar-refractivity contribution in [1.29, 1.82) is 0 Å². The summed E-state index contributed by atoms with van der Waals surface area (Å²) in [6, 6.07) is 12.8. The monoisotopic (exact) mass is 431 g/mol. The molecule has 5 rings (SSSR count). The molecule has 4 aromatic rings. The van der Waals surface area contributed by atoms with Gasteiger partial charge in [-0.2, -0.15) is 0 Å². The number of aliphatic carboxylic acids is 1. The molecule has 1 atom stereocenters. The fraction of sp³-hybridized carbons (Fsp3) is 0.292. The Morgan fingerprint density at radius 1 is 1.06 bits per heavy atom. The van der Waals surface area contributed by atoms with Crippen molar-refractivity contribution < 1.29 is 14.6 Å². The molecule has 2 aromatic heterocycles. The molecule has 1 fully saturated rings. The number of piperazine rings is 1. The summed E-state index contributed by atoms with van der Waals surface area (Å²) in [5.74, 6) is 0.712. The van der Waals surface area contributed by atoms with Crippen molar-refractivity contribution in [3.05, 3.63) is 59.9 Å². The molecular weight excluding hydrogens is 406 g/mol. The molecule has 164 valence electrons. The maximum Gasteiger partial charge on any atom is 0.325 e. The van der Waals surface area contributed by atoms with Crippen LogP contribution in [0.1, 0.15) is 17.3 Å². The Morgan fingerprint density at radius 2 is 1.78 bits per heavy atom. The van der Waals surface area contributed by atoms with E-state index in [0.717, 1.165) is 39.0 Å². The van der Waals surface area contributed by atoms with Crippen molar-refractivity contribution in [3.63, 3.8) is 0 Å². The highest BCUT2D eigenvalue weighted by molar-refractivity contribution is 5.92. The van der Waals surface area contributed by atoms with Gasteiger partial charge in [-0.3, -0.25) is 9.69 Å². The normalized spacial score (nSPS) is 15.9. The Morgan fingerprint density at radius 3 is 2.47 bits per heavy atom.